The van der Waals surface area contributed by atoms with E-state index in [9.17, 15) is 9.59 Å². The predicted octanol–water partition coefficient (Wildman–Crippen LogP) is 6.28. The summed E-state index contributed by atoms with van der Waals surface area (Å²) in [5, 5.41) is 6.32. The average molecular weight is 445 g/mol. The third-order valence-electron chi connectivity index (χ3n) is 4.02. The fourth-order valence-corrected chi connectivity index (χ4v) is 3.52. The topological polar surface area (TPSA) is 58.2 Å². The Balaban J connectivity index is 1.52. The fourth-order valence-electron chi connectivity index (χ4n) is 2.48. The van der Waals surface area contributed by atoms with E-state index in [4.69, 9.17) is 23.2 Å². The first kappa shape index (κ1) is 21.2. The van der Waals surface area contributed by atoms with Gasteiger partial charge < -0.3 is 10.6 Å². The largest absolute Gasteiger partial charge is 0.324 e. The summed E-state index contributed by atoms with van der Waals surface area (Å²) in [7, 11) is 0. The second-order valence-electron chi connectivity index (χ2n) is 6.28. The average Bonchev–Trinajstić information content (AvgIpc) is 2.71. The summed E-state index contributed by atoms with van der Waals surface area (Å²) in [6.07, 6.45) is 0. The van der Waals surface area contributed by atoms with Gasteiger partial charge in [-0.25, -0.2) is 0 Å². The number of nitrogens with one attached hydrogen (secondary N) is 2. The molecule has 0 aliphatic carbocycles. The Morgan fingerprint density at radius 2 is 1.59 bits per heavy atom. The van der Waals surface area contributed by atoms with E-state index in [1.807, 2.05) is 31.2 Å². The molecule has 7 heteroatoms. The molecular formula is C22H18Cl2N2O2S. The van der Waals surface area contributed by atoms with E-state index in [-0.39, 0.29) is 17.6 Å². The molecule has 3 rings (SSSR count). The van der Waals surface area contributed by atoms with Crippen molar-refractivity contribution >= 4 is 58.2 Å². The smallest absolute Gasteiger partial charge is 0.255 e. The van der Waals surface area contributed by atoms with Gasteiger partial charge in [-0.2, -0.15) is 0 Å². The first-order chi connectivity index (χ1) is 13.9. The van der Waals surface area contributed by atoms with Crippen molar-refractivity contribution in [3.8, 4) is 0 Å². The summed E-state index contributed by atoms with van der Waals surface area (Å²) in [5.41, 5.74) is 2.88. The quantitative estimate of drug-likeness (QED) is 0.439. The maximum Gasteiger partial charge on any atom is 0.255 e. The third kappa shape index (κ3) is 6.00. The highest BCUT2D eigenvalue weighted by Crippen LogP contribution is 2.30. The van der Waals surface area contributed by atoms with Crippen LogP contribution in [0.1, 0.15) is 15.9 Å². The van der Waals surface area contributed by atoms with Gasteiger partial charge in [0.1, 0.15) is 0 Å². The zero-order chi connectivity index (χ0) is 20.8. The molecule has 0 atom stereocenters. The van der Waals surface area contributed by atoms with Gasteiger partial charge in [-0.1, -0.05) is 47.0 Å². The first-order valence-corrected chi connectivity index (χ1v) is 10.5. The minimum Gasteiger partial charge on any atom is -0.324 e. The van der Waals surface area contributed by atoms with Gasteiger partial charge in [0.05, 0.1) is 21.5 Å². The minimum atomic E-state index is -0.184. The molecule has 3 aromatic carbocycles. The van der Waals surface area contributed by atoms with Crippen molar-refractivity contribution in [2.45, 2.75) is 11.8 Å². The summed E-state index contributed by atoms with van der Waals surface area (Å²) in [6, 6.07) is 19.8. The standard InChI is InChI=1S/C22H18Cl2N2O2S/c1-14-5-7-15(8-6-14)22(28)25-16-9-11-17(12-10-16)29-13-20(27)26-19-4-2-3-18(23)21(19)24/h2-12H,13H2,1H3,(H,25,28)(H,26,27). The molecule has 4 nitrogen and oxygen atoms in total. The molecule has 0 bridgehead atoms. The lowest BCUT2D eigenvalue weighted by atomic mass is 10.1. The SMILES string of the molecule is Cc1ccc(C(=O)Nc2ccc(SCC(=O)Nc3cccc(Cl)c3Cl)cc2)cc1. The number of carbonyl (C=O) groups is 2. The number of aryl methyl sites for hydroxylation is 1. The normalized spacial score (nSPS) is 10.4. The maximum absolute atomic E-state index is 12.3. The molecule has 2 amide bonds. The van der Waals surface area contributed by atoms with Crippen LogP contribution in [0.5, 0.6) is 0 Å². The van der Waals surface area contributed by atoms with Crippen molar-refractivity contribution in [3.63, 3.8) is 0 Å². The fraction of sp³-hybridized carbons (Fsp3) is 0.0909. The van der Waals surface area contributed by atoms with Crippen molar-refractivity contribution in [3.05, 3.63) is 87.9 Å². The minimum absolute atomic E-state index is 0.164. The number of rotatable bonds is 6. The third-order valence-corrected chi connectivity index (χ3v) is 5.85. The molecule has 0 aromatic heterocycles. The van der Waals surface area contributed by atoms with Crippen molar-refractivity contribution < 1.29 is 9.59 Å². The highest BCUT2D eigenvalue weighted by atomic mass is 35.5. The molecular weight excluding hydrogens is 427 g/mol. The van der Waals surface area contributed by atoms with Gasteiger partial charge >= 0.3 is 0 Å². The number of halogens is 2. The highest BCUT2D eigenvalue weighted by molar-refractivity contribution is 8.00. The highest BCUT2D eigenvalue weighted by Gasteiger charge is 2.09. The molecule has 0 heterocycles. The number of anilines is 2. The second kappa shape index (κ2) is 9.83. The van der Waals surface area contributed by atoms with Crippen LogP contribution < -0.4 is 10.6 Å². The number of hydrogen-bond acceptors (Lipinski definition) is 3. The molecule has 0 saturated heterocycles. The van der Waals surface area contributed by atoms with E-state index < -0.39 is 0 Å². The number of hydrogen-bond donors (Lipinski definition) is 2. The summed E-state index contributed by atoms with van der Waals surface area (Å²) < 4.78 is 0. The molecule has 148 valence electrons. The van der Waals surface area contributed by atoms with Crippen molar-refractivity contribution in [1.82, 2.24) is 0 Å². The number of carbonyl (C=O) groups excluding carboxylic acids is 2. The van der Waals surface area contributed by atoms with Gasteiger partial charge in [-0.3, -0.25) is 9.59 Å². The van der Waals surface area contributed by atoms with Crippen LogP contribution in [-0.2, 0) is 4.79 Å². The Hall–Kier alpha value is -2.47. The van der Waals surface area contributed by atoms with Crippen LogP contribution in [-0.4, -0.2) is 17.6 Å². The van der Waals surface area contributed by atoms with Crippen LogP contribution in [0, 0.1) is 6.92 Å². The lowest BCUT2D eigenvalue weighted by molar-refractivity contribution is -0.113. The van der Waals surface area contributed by atoms with Crippen molar-refractivity contribution in [1.29, 1.82) is 0 Å². The Kier molecular flexibility index (Phi) is 7.20. The zero-order valence-corrected chi connectivity index (χ0v) is 17.9. The number of amides is 2. The molecule has 0 radical (unpaired) electrons. The van der Waals surface area contributed by atoms with Gasteiger partial charge in [0, 0.05) is 16.1 Å². The van der Waals surface area contributed by atoms with Gasteiger partial charge in [-0.05, 0) is 55.5 Å². The summed E-state index contributed by atoms with van der Waals surface area (Å²) in [4.78, 5) is 25.3. The zero-order valence-electron chi connectivity index (χ0n) is 15.5. The molecule has 3 aromatic rings. The van der Waals surface area contributed by atoms with Crippen LogP contribution in [0.15, 0.2) is 71.6 Å². The lowest BCUT2D eigenvalue weighted by Gasteiger charge is -2.09. The number of thioether (sulfide) groups is 1. The summed E-state index contributed by atoms with van der Waals surface area (Å²) in [5.74, 6) is -0.128. The number of benzene rings is 3. The lowest BCUT2D eigenvalue weighted by Crippen LogP contribution is -2.14. The Labute approximate surface area is 183 Å². The molecule has 0 aliphatic heterocycles. The molecule has 0 aliphatic rings. The van der Waals surface area contributed by atoms with Crippen LogP contribution in [0.3, 0.4) is 0 Å². The Morgan fingerprint density at radius 1 is 0.897 bits per heavy atom. The monoisotopic (exact) mass is 444 g/mol. The van der Waals surface area contributed by atoms with E-state index in [2.05, 4.69) is 10.6 Å². The summed E-state index contributed by atoms with van der Waals surface area (Å²) >= 11 is 13.4. The molecule has 0 unspecified atom stereocenters. The van der Waals surface area contributed by atoms with Gasteiger partial charge in [-0.15, -0.1) is 11.8 Å². The van der Waals surface area contributed by atoms with E-state index >= 15 is 0 Å². The van der Waals surface area contributed by atoms with Crippen molar-refractivity contribution in [2.24, 2.45) is 0 Å². The van der Waals surface area contributed by atoms with Gasteiger partial charge in [0.25, 0.3) is 5.91 Å². The predicted molar refractivity (Wildman–Crippen MR) is 121 cm³/mol. The maximum atomic E-state index is 12.3. The summed E-state index contributed by atoms with van der Waals surface area (Å²) in [6.45, 7) is 1.97. The van der Waals surface area contributed by atoms with E-state index in [1.165, 1.54) is 11.8 Å². The van der Waals surface area contributed by atoms with E-state index in [1.54, 1.807) is 42.5 Å². The van der Waals surface area contributed by atoms with Gasteiger partial charge in [0.2, 0.25) is 5.91 Å². The van der Waals surface area contributed by atoms with Crippen LogP contribution in [0.25, 0.3) is 0 Å². The second-order valence-corrected chi connectivity index (χ2v) is 8.12. The van der Waals surface area contributed by atoms with Crippen LogP contribution >= 0.6 is 35.0 Å². The van der Waals surface area contributed by atoms with Gasteiger partial charge in [0.15, 0.2) is 0 Å². The molecule has 0 fully saturated rings. The Bertz CT molecular complexity index is 1020. The molecule has 0 spiro atoms. The van der Waals surface area contributed by atoms with Crippen LogP contribution in [0.4, 0.5) is 11.4 Å². The molecule has 2 N–H and O–H groups in total. The van der Waals surface area contributed by atoms with E-state index in [0.29, 0.717) is 27.0 Å². The molecule has 0 saturated carbocycles. The van der Waals surface area contributed by atoms with Crippen LogP contribution in [0.2, 0.25) is 10.0 Å². The van der Waals surface area contributed by atoms with Crippen molar-refractivity contribution in [2.75, 3.05) is 16.4 Å². The Morgan fingerprint density at radius 3 is 2.28 bits per heavy atom. The first-order valence-electron chi connectivity index (χ1n) is 8.77. The van der Waals surface area contributed by atoms with E-state index in [0.717, 1.165) is 10.5 Å². The molecule has 29 heavy (non-hydrogen) atoms.